The molecule has 0 radical (unpaired) electrons. The Balaban J connectivity index is 1.82. The minimum Gasteiger partial charge on any atom is -0.469 e. The van der Waals surface area contributed by atoms with Crippen molar-refractivity contribution < 1.29 is 28.6 Å². The van der Waals surface area contributed by atoms with Gasteiger partial charge >= 0.3 is 17.9 Å². The van der Waals surface area contributed by atoms with Crippen molar-refractivity contribution >= 4 is 17.9 Å². The van der Waals surface area contributed by atoms with Gasteiger partial charge in [0.1, 0.15) is 0 Å². The van der Waals surface area contributed by atoms with Crippen molar-refractivity contribution in [2.75, 3.05) is 7.11 Å². The van der Waals surface area contributed by atoms with Crippen molar-refractivity contribution in [3.05, 3.63) is 0 Å². The third kappa shape index (κ3) is 1.94. The van der Waals surface area contributed by atoms with E-state index >= 15 is 0 Å². The summed E-state index contributed by atoms with van der Waals surface area (Å²) in [6.07, 6.45) is -0.453. The molecule has 7 atom stereocenters. The molecule has 116 valence electrons. The van der Waals surface area contributed by atoms with Crippen LogP contribution in [0.15, 0.2) is 0 Å². The van der Waals surface area contributed by atoms with Crippen LogP contribution in [-0.2, 0) is 28.6 Å². The van der Waals surface area contributed by atoms with Gasteiger partial charge < -0.3 is 19.5 Å². The minimum absolute atomic E-state index is 0.228. The number of rotatable bonds is 4. The normalized spacial score (nSPS) is 40.8. The molecule has 7 nitrogen and oxygen atoms in total. The van der Waals surface area contributed by atoms with Gasteiger partial charge in [-0.15, -0.1) is 0 Å². The second-order valence-electron chi connectivity index (χ2n) is 5.91. The molecule has 21 heavy (non-hydrogen) atoms. The molecule has 3 fully saturated rings. The smallest absolute Gasteiger partial charge is 0.312 e. The highest BCUT2D eigenvalue weighted by molar-refractivity contribution is 5.87. The Morgan fingerprint density at radius 2 is 2.10 bits per heavy atom. The van der Waals surface area contributed by atoms with Gasteiger partial charge in [-0.1, -0.05) is 13.8 Å². The Morgan fingerprint density at radius 3 is 2.71 bits per heavy atom. The van der Waals surface area contributed by atoms with E-state index in [0.29, 0.717) is 6.42 Å². The molecule has 1 N–H and O–H groups in total. The van der Waals surface area contributed by atoms with Crippen molar-refractivity contribution in [3.63, 3.8) is 0 Å². The molecule has 0 spiro atoms. The lowest BCUT2D eigenvalue weighted by molar-refractivity contribution is -0.164. The maximum Gasteiger partial charge on any atom is 0.312 e. The lowest BCUT2D eigenvalue weighted by Gasteiger charge is -2.29. The maximum atomic E-state index is 12.0. The first-order chi connectivity index (χ1) is 9.99. The van der Waals surface area contributed by atoms with Crippen LogP contribution in [0.25, 0.3) is 0 Å². The van der Waals surface area contributed by atoms with Crippen molar-refractivity contribution in [2.24, 2.45) is 17.8 Å². The van der Waals surface area contributed by atoms with Crippen LogP contribution in [0.3, 0.4) is 0 Å². The van der Waals surface area contributed by atoms with E-state index in [-0.39, 0.29) is 17.9 Å². The average Bonchev–Trinajstić information content (AvgIpc) is 3.08. The number of ether oxygens (including phenoxy) is 3. The summed E-state index contributed by atoms with van der Waals surface area (Å²) in [5.41, 5.74) is 0. The van der Waals surface area contributed by atoms with Crippen molar-refractivity contribution in [3.8, 4) is 0 Å². The summed E-state index contributed by atoms with van der Waals surface area (Å²) < 4.78 is 15.6. The van der Waals surface area contributed by atoms with E-state index in [1.54, 1.807) is 6.92 Å². The van der Waals surface area contributed by atoms with E-state index in [9.17, 15) is 14.4 Å². The summed E-state index contributed by atoms with van der Waals surface area (Å²) in [6, 6.07) is -0.696. The molecule has 3 heterocycles. The quantitative estimate of drug-likeness (QED) is 0.559. The summed E-state index contributed by atoms with van der Waals surface area (Å²) in [5.74, 6) is -2.64. The summed E-state index contributed by atoms with van der Waals surface area (Å²) in [7, 11) is 1.28. The fourth-order valence-corrected chi connectivity index (χ4v) is 3.52. The highest BCUT2D eigenvalue weighted by Gasteiger charge is 2.70. The lowest BCUT2D eigenvalue weighted by atomic mass is 9.78. The van der Waals surface area contributed by atoms with Crippen LogP contribution in [0.5, 0.6) is 0 Å². The molecule has 0 aromatic rings. The number of fused-ring (bicyclic) bond motifs is 1. The largest absolute Gasteiger partial charge is 0.469 e. The van der Waals surface area contributed by atoms with Crippen molar-refractivity contribution in [1.29, 1.82) is 0 Å². The molecule has 3 aliphatic heterocycles. The molecular weight excluding hydrogens is 278 g/mol. The highest BCUT2D eigenvalue weighted by Crippen LogP contribution is 2.47. The summed E-state index contributed by atoms with van der Waals surface area (Å²) in [5, 5.41) is 3.17. The summed E-state index contributed by atoms with van der Waals surface area (Å²) in [6.45, 7) is 3.68. The van der Waals surface area contributed by atoms with Crippen LogP contribution in [0.1, 0.15) is 20.3 Å². The number of hydrogen-bond donors (Lipinski definition) is 1. The number of hydrogen-bond acceptors (Lipinski definition) is 7. The van der Waals surface area contributed by atoms with Gasteiger partial charge in [0, 0.05) is 0 Å². The first-order valence-electron chi connectivity index (χ1n) is 7.24. The molecular formula is C14H19NO6. The summed E-state index contributed by atoms with van der Waals surface area (Å²) >= 11 is 0. The molecule has 2 bridgehead atoms. The van der Waals surface area contributed by atoms with Crippen LogP contribution < -0.4 is 5.32 Å². The fraction of sp³-hybridized carbons (Fsp3) is 0.786. The van der Waals surface area contributed by atoms with E-state index in [0.717, 1.165) is 0 Å². The molecule has 0 aromatic heterocycles. The van der Waals surface area contributed by atoms with Crippen LogP contribution in [-0.4, -0.2) is 49.3 Å². The van der Waals surface area contributed by atoms with Crippen LogP contribution in [0, 0.1) is 17.8 Å². The van der Waals surface area contributed by atoms with E-state index in [4.69, 9.17) is 14.2 Å². The van der Waals surface area contributed by atoms with Crippen LogP contribution >= 0.6 is 0 Å². The Morgan fingerprint density at radius 1 is 1.38 bits per heavy atom. The van der Waals surface area contributed by atoms with Gasteiger partial charge in [0.2, 0.25) is 0 Å². The van der Waals surface area contributed by atoms with Gasteiger partial charge in [-0.3, -0.25) is 14.4 Å². The zero-order valence-corrected chi connectivity index (χ0v) is 12.2. The maximum absolute atomic E-state index is 12.0. The first kappa shape index (κ1) is 14.3. The molecule has 3 saturated heterocycles. The Bertz CT molecular complexity index is 492. The zero-order chi connectivity index (χ0) is 15.3. The average molecular weight is 297 g/mol. The number of carbonyl (C=O) groups is 3. The van der Waals surface area contributed by atoms with Crippen molar-refractivity contribution in [2.45, 2.75) is 44.6 Å². The van der Waals surface area contributed by atoms with Gasteiger partial charge in [-0.05, 0) is 6.42 Å². The molecule has 7 heteroatoms. The molecule has 0 aliphatic carbocycles. The van der Waals surface area contributed by atoms with E-state index in [1.807, 2.05) is 6.92 Å². The molecule has 3 rings (SSSR count). The third-order valence-corrected chi connectivity index (χ3v) is 4.84. The SMILES string of the molecule is CCC(C)C(=O)OC1C2NC3C1OC(=O)C3C2C(=O)OC. The standard InChI is InChI=1S/C14H19NO6/c1-4-5(2)12(16)20-10-8-6(13(17)19-3)7-9(15-8)11(10)21-14(7)18/h5-11,15H,4H2,1-3H3. The van der Waals surface area contributed by atoms with Crippen LogP contribution in [0.2, 0.25) is 0 Å². The van der Waals surface area contributed by atoms with Gasteiger partial charge in [0.25, 0.3) is 0 Å². The van der Waals surface area contributed by atoms with Gasteiger partial charge in [-0.25, -0.2) is 0 Å². The van der Waals surface area contributed by atoms with E-state index in [2.05, 4.69) is 5.32 Å². The molecule has 7 unspecified atom stereocenters. The lowest BCUT2D eigenvalue weighted by Crippen LogP contribution is -2.48. The molecule has 0 amide bonds. The van der Waals surface area contributed by atoms with Crippen molar-refractivity contribution in [1.82, 2.24) is 5.32 Å². The zero-order valence-electron chi connectivity index (χ0n) is 12.2. The number of methoxy groups -OCH3 is 1. The predicted octanol–water partition coefficient (Wildman–Crippen LogP) is -0.371. The Labute approximate surface area is 122 Å². The first-order valence-corrected chi connectivity index (χ1v) is 7.24. The second-order valence-corrected chi connectivity index (χ2v) is 5.91. The highest BCUT2D eigenvalue weighted by atomic mass is 16.6. The van der Waals surface area contributed by atoms with Gasteiger partial charge in [0.05, 0.1) is 36.9 Å². The topological polar surface area (TPSA) is 90.9 Å². The third-order valence-electron chi connectivity index (χ3n) is 4.84. The monoisotopic (exact) mass is 297 g/mol. The Hall–Kier alpha value is -1.63. The van der Waals surface area contributed by atoms with Crippen LogP contribution in [0.4, 0.5) is 0 Å². The molecule has 3 aliphatic rings. The van der Waals surface area contributed by atoms with E-state index in [1.165, 1.54) is 7.11 Å². The fourth-order valence-electron chi connectivity index (χ4n) is 3.52. The Kier molecular flexibility index (Phi) is 3.39. The molecule has 0 saturated carbocycles. The van der Waals surface area contributed by atoms with E-state index < -0.39 is 42.0 Å². The number of esters is 3. The van der Waals surface area contributed by atoms with Gasteiger partial charge in [-0.2, -0.15) is 0 Å². The predicted molar refractivity (Wildman–Crippen MR) is 68.9 cm³/mol. The minimum atomic E-state index is -0.652. The number of carbonyl (C=O) groups excluding carboxylic acids is 3. The summed E-state index contributed by atoms with van der Waals surface area (Å²) in [4.78, 5) is 35.9. The van der Waals surface area contributed by atoms with Gasteiger partial charge in [0.15, 0.2) is 12.2 Å². The number of nitrogens with one attached hydrogen (secondary N) is 1. The molecule has 0 aromatic carbocycles. The second kappa shape index (κ2) is 4.98.